The molecule has 106 valence electrons. The summed E-state index contributed by atoms with van der Waals surface area (Å²) in [7, 11) is 0. The minimum atomic E-state index is -0.175. The number of rotatable bonds is 5. The first-order chi connectivity index (χ1) is 9.56. The number of benzene rings is 1. The molecule has 1 N–H and O–H groups in total. The highest BCUT2D eigenvalue weighted by atomic mass is 79.9. The molecule has 5 heteroatoms. The lowest BCUT2D eigenvalue weighted by molar-refractivity contribution is -0.116. The highest BCUT2D eigenvalue weighted by Gasteiger charge is 2.18. The van der Waals surface area contributed by atoms with E-state index in [1.807, 2.05) is 55.1 Å². The number of hydrogen-bond donors (Lipinski definition) is 1. The van der Waals surface area contributed by atoms with Crippen molar-refractivity contribution in [1.29, 1.82) is 0 Å². The lowest BCUT2D eigenvalue weighted by Gasteiger charge is -2.14. The van der Waals surface area contributed by atoms with E-state index in [-0.39, 0.29) is 16.7 Å². The summed E-state index contributed by atoms with van der Waals surface area (Å²) in [5.41, 5.74) is 1.95. The summed E-state index contributed by atoms with van der Waals surface area (Å²) < 4.78 is 1.86. The summed E-state index contributed by atoms with van der Waals surface area (Å²) in [5, 5.41) is 7.07. The fourth-order valence-electron chi connectivity index (χ4n) is 1.79. The molecule has 1 amide bonds. The Morgan fingerprint density at radius 1 is 1.35 bits per heavy atom. The SMILES string of the molecule is CC(C)C(Br)C(=O)Nc1ccc(Cn2cccn2)cc1. The molecule has 2 aromatic rings. The minimum Gasteiger partial charge on any atom is -0.325 e. The van der Waals surface area contributed by atoms with Crippen molar-refractivity contribution in [3.63, 3.8) is 0 Å². The first kappa shape index (κ1) is 14.8. The molecule has 4 nitrogen and oxygen atoms in total. The Labute approximate surface area is 127 Å². The number of anilines is 1. The van der Waals surface area contributed by atoms with Crippen molar-refractivity contribution < 1.29 is 4.79 Å². The van der Waals surface area contributed by atoms with Crippen LogP contribution in [0.5, 0.6) is 0 Å². The van der Waals surface area contributed by atoms with Crippen molar-refractivity contribution in [3.05, 3.63) is 48.3 Å². The summed E-state index contributed by atoms with van der Waals surface area (Å²) >= 11 is 3.40. The summed E-state index contributed by atoms with van der Waals surface area (Å²) in [6, 6.07) is 9.72. The average Bonchev–Trinajstić information content (AvgIpc) is 2.92. The molecule has 1 unspecified atom stereocenters. The van der Waals surface area contributed by atoms with E-state index in [0.29, 0.717) is 0 Å². The smallest absolute Gasteiger partial charge is 0.238 e. The number of halogens is 1. The number of carbonyl (C=O) groups excluding carboxylic acids is 1. The molecule has 0 spiro atoms. The molecule has 0 aliphatic heterocycles. The molecule has 20 heavy (non-hydrogen) atoms. The number of nitrogens with one attached hydrogen (secondary N) is 1. The number of carbonyl (C=O) groups is 1. The average molecular weight is 336 g/mol. The van der Waals surface area contributed by atoms with Gasteiger partial charge in [-0.3, -0.25) is 9.48 Å². The zero-order valence-electron chi connectivity index (χ0n) is 11.6. The van der Waals surface area contributed by atoms with Gasteiger partial charge in [0.15, 0.2) is 0 Å². The molecule has 1 aromatic carbocycles. The second-order valence-electron chi connectivity index (χ2n) is 5.04. The predicted molar refractivity (Wildman–Crippen MR) is 84.0 cm³/mol. The minimum absolute atomic E-state index is 0.0140. The number of amides is 1. The molecule has 1 atom stereocenters. The highest BCUT2D eigenvalue weighted by molar-refractivity contribution is 9.10. The molecule has 1 heterocycles. The molecule has 0 fully saturated rings. The molecule has 0 bridgehead atoms. The lowest BCUT2D eigenvalue weighted by atomic mass is 10.1. The van der Waals surface area contributed by atoms with E-state index in [1.165, 1.54) is 0 Å². The van der Waals surface area contributed by atoms with Crippen LogP contribution in [0.15, 0.2) is 42.7 Å². The van der Waals surface area contributed by atoms with Crippen LogP contribution in [-0.4, -0.2) is 20.5 Å². The van der Waals surface area contributed by atoms with E-state index in [0.717, 1.165) is 17.8 Å². The van der Waals surface area contributed by atoms with Gasteiger partial charge in [0.05, 0.1) is 11.4 Å². The summed E-state index contributed by atoms with van der Waals surface area (Å²) in [6.45, 7) is 4.74. The van der Waals surface area contributed by atoms with Gasteiger partial charge in [-0.05, 0) is 29.7 Å². The third-order valence-electron chi connectivity index (χ3n) is 2.96. The van der Waals surface area contributed by atoms with Crippen LogP contribution >= 0.6 is 15.9 Å². The lowest BCUT2D eigenvalue weighted by Crippen LogP contribution is -2.26. The topological polar surface area (TPSA) is 46.9 Å². The second kappa shape index (κ2) is 6.70. The van der Waals surface area contributed by atoms with Crippen LogP contribution in [0.25, 0.3) is 0 Å². The van der Waals surface area contributed by atoms with Crippen LogP contribution in [0.1, 0.15) is 19.4 Å². The zero-order valence-corrected chi connectivity index (χ0v) is 13.2. The van der Waals surface area contributed by atoms with Gasteiger partial charge in [0.2, 0.25) is 5.91 Å². The van der Waals surface area contributed by atoms with Gasteiger partial charge >= 0.3 is 0 Å². The maximum Gasteiger partial charge on any atom is 0.238 e. The fraction of sp³-hybridized carbons (Fsp3) is 0.333. The molecule has 2 rings (SSSR count). The number of alkyl halides is 1. The van der Waals surface area contributed by atoms with Crippen LogP contribution in [0.2, 0.25) is 0 Å². The molecule has 0 radical (unpaired) electrons. The summed E-state index contributed by atoms with van der Waals surface area (Å²) in [5.74, 6) is 0.244. The molecule has 0 saturated heterocycles. The number of aromatic nitrogens is 2. The van der Waals surface area contributed by atoms with Gasteiger partial charge < -0.3 is 5.32 Å². The van der Waals surface area contributed by atoms with Crippen LogP contribution in [0.3, 0.4) is 0 Å². The Kier molecular flexibility index (Phi) is 4.95. The van der Waals surface area contributed by atoms with Gasteiger partial charge in [-0.15, -0.1) is 0 Å². The second-order valence-corrected chi connectivity index (χ2v) is 6.02. The van der Waals surface area contributed by atoms with Gasteiger partial charge in [0.25, 0.3) is 0 Å². The van der Waals surface area contributed by atoms with Gasteiger partial charge in [-0.2, -0.15) is 5.10 Å². The Bertz CT molecular complexity index is 549. The van der Waals surface area contributed by atoms with Crippen LogP contribution in [0, 0.1) is 5.92 Å². The number of nitrogens with zero attached hydrogens (tertiary/aromatic N) is 2. The van der Waals surface area contributed by atoms with Gasteiger partial charge in [0.1, 0.15) is 0 Å². The van der Waals surface area contributed by atoms with Gasteiger partial charge in [-0.1, -0.05) is 41.9 Å². The van der Waals surface area contributed by atoms with E-state index in [1.54, 1.807) is 6.20 Å². The van der Waals surface area contributed by atoms with Crippen LogP contribution in [0.4, 0.5) is 5.69 Å². The van der Waals surface area contributed by atoms with Crippen molar-refractivity contribution in [3.8, 4) is 0 Å². The van der Waals surface area contributed by atoms with E-state index in [2.05, 4.69) is 26.3 Å². The largest absolute Gasteiger partial charge is 0.325 e. The first-order valence-corrected chi connectivity index (χ1v) is 7.49. The molecular formula is C15H18BrN3O. The Morgan fingerprint density at radius 3 is 2.60 bits per heavy atom. The third kappa shape index (κ3) is 3.93. The van der Waals surface area contributed by atoms with E-state index >= 15 is 0 Å². The summed E-state index contributed by atoms with van der Waals surface area (Å²) in [4.78, 5) is 11.7. The predicted octanol–water partition coefficient (Wildman–Crippen LogP) is 3.29. The molecule has 0 aliphatic rings. The van der Waals surface area contributed by atoms with Crippen LogP contribution in [-0.2, 0) is 11.3 Å². The van der Waals surface area contributed by atoms with Gasteiger partial charge in [-0.25, -0.2) is 0 Å². The van der Waals surface area contributed by atoms with E-state index in [4.69, 9.17) is 0 Å². The normalized spacial score (nSPS) is 12.4. The van der Waals surface area contributed by atoms with E-state index < -0.39 is 0 Å². The molecular weight excluding hydrogens is 318 g/mol. The van der Waals surface area contributed by atoms with Crippen molar-refractivity contribution in [2.75, 3.05) is 5.32 Å². The third-order valence-corrected chi connectivity index (χ3v) is 4.43. The fourth-order valence-corrected chi connectivity index (χ4v) is 1.90. The van der Waals surface area contributed by atoms with Crippen molar-refractivity contribution in [1.82, 2.24) is 9.78 Å². The summed E-state index contributed by atoms with van der Waals surface area (Å²) in [6.07, 6.45) is 3.68. The number of hydrogen-bond acceptors (Lipinski definition) is 2. The Hall–Kier alpha value is -1.62. The molecule has 0 saturated carbocycles. The molecule has 1 aromatic heterocycles. The molecule has 0 aliphatic carbocycles. The highest BCUT2D eigenvalue weighted by Crippen LogP contribution is 2.16. The Morgan fingerprint density at radius 2 is 2.05 bits per heavy atom. The van der Waals surface area contributed by atoms with Crippen LogP contribution < -0.4 is 5.32 Å². The Balaban J connectivity index is 1.96. The maximum absolute atomic E-state index is 11.9. The van der Waals surface area contributed by atoms with Crippen molar-refractivity contribution in [2.24, 2.45) is 5.92 Å². The maximum atomic E-state index is 11.9. The monoisotopic (exact) mass is 335 g/mol. The van der Waals surface area contributed by atoms with Gasteiger partial charge in [0, 0.05) is 18.1 Å². The first-order valence-electron chi connectivity index (χ1n) is 6.57. The quantitative estimate of drug-likeness (QED) is 0.852. The van der Waals surface area contributed by atoms with E-state index in [9.17, 15) is 4.79 Å². The van der Waals surface area contributed by atoms with Crippen molar-refractivity contribution in [2.45, 2.75) is 25.2 Å². The standard InChI is InChI=1S/C15H18BrN3O/c1-11(2)14(16)15(20)18-13-6-4-12(5-7-13)10-19-9-3-8-17-19/h3-9,11,14H,10H2,1-2H3,(H,18,20). The van der Waals surface area contributed by atoms with Crippen molar-refractivity contribution >= 4 is 27.5 Å². The zero-order chi connectivity index (χ0) is 14.5.